The van der Waals surface area contributed by atoms with E-state index in [4.69, 9.17) is 15.0 Å². The zero-order chi connectivity index (χ0) is 27.8. The smallest absolute Gasteiger partial charge is 0.255 e. The Bertz CT molecular complexity index is 1500. The van der Waals surface area contributed by atoms with E-state index in [1.165, 1.54) is 6.07 Å². The maximum absolute atomic E-state index is 14.0. The fraction of sp³-hybridized carbons (Fsp3) is 0.407. The van der Waals surface area contributed by atoms with Crippen molar-refractivity contribution >= 4 is 23.2 Å². The quantitative estimate of drug-likeness (QED) is 0.346. The summed E-state index contributed by atoms with van der Waals surface area (Å²) in [6.45, 7) is 2.95. The first-order valence-corrected chi connectivity index (χ1v) is 12.6. The maximum atomic E-state index is 14.0. The number of ketones is 2. The van der Waals surface area contributed by atoms with E-state index in [2.05, 4.69) is 5.16 Å². The van der Waals surface area contributed by atoms with Gasteiger partial charge in [0.05, 0.1) is 30.5 Å². The fourth-order valence-electron chi connectivity index (χ4n) is 6.65. The average molecular weight is 538 g/mol. The van der Waals surface area contributed by atoms with Crippen molar-refractivity contribution in [1.82, 2.24) is 10.1 Å². The number of amides is 1. The molecule has 2 heterocycles. The number of phenolic OH excluding ortho intramolecular Hbond substituents is 1. The van der Waals surface area contributed by atoms with Crippen LogP contribution in [-0.2, 0) is 25.5 Å². The molecule has 4 aliphatic rings. The second-order valence-corrected chi connectivity index (χ2v) is 10.5. The molecule has 3 aliphatic carbocycles. The summed E-state index contributed by atoms with van der Waals surface area (Å²) in [5.74, 6) is -6.46. The number of carbonyl (C=O) groups excluding carboxylic acids is 3. The minimum absolute atomic E-state index is 0.00147. The normalized spacial score (nSPS) is 29.2. The van der Waals surface area contributed by atoms with Gasteiger partial charge < -0.3 is 35.4 Å². The molecule has 1 aromatic carbocycles. The number of benzene rings is 1. The van der Waals surface area contributed by atoms with Gasteiger partial charge in [0, 0.05) is 36.2 Å². The van der Waals surface area contributed by atoms with E-state index in [0.29, 0.717) is 48.9 Å². The van der Waals surface area contributed by atoms with Crippen molar-refractivity contribution in [3.63, 3.8) is 0 Å². The van der Waals surface area contributed by atoms with Crippen LogP contribution in [0.5, 0.6) is 5.75 Å². The van der Waals surface area contributed by atoms with Gasteiger partial charge in [0.1, 0.15) is 22.8 Å². The molecule has 1 amide bonds. The lowest BCUT2D eigenvalue weighted by Crippen LogP contribution is -2.67. The number of aliphatic hydroxyl groups excluding tert-OH is 2. The second kappa shape index (κ2) is 8.76. The van der Waals surface area contributed by atoms with Gasteiger partial charge >= 0.3 is 0 Å². The highest BCUT2D eigenvalue weighted by Gasteiger charge is 2.64. The summed E-state index contributed by atoms with van der Waals surface area (Å²) in [6, 6.07) is 3.55. The molecule has 4 atom stereocenters. The van der Waals surface area contributed by atoms with Crippen LogP contribution in [0, 0.1) is 18.8 Å². The van der Waals surface area contributed by atoms with Crippen LogP contribution in [0.25, 0.3) is 17.1 Å². The molecule has 2 fully saturated rings. The number of Topliss-reactive ketones (excluding diaryl/α,β-unsaturated/α-hetero) is 2. The van der Waals surface area contributed by atoms with Crippen molar-refractivity contribution in [2.75, 3.05) is 26.3 Å². The number of aromatic hydroxyl groups is 1. The molecule has 12 nitrogen and oxygen atoms in total. The predicted molar refractivity (Wildman–Crippen MR) is 133 cm³/mol. The van der Waals surface area contributed by atoms with Crippen LogP contribution in [0.2, 0.25) is 0 Å². The largest absolute Gasteiger partial charge is 0.508 e. The van der Waals surface area contributed by atoms with E-state index < -0.39 is 58.0 Å². The SMILES string of the molecule is Cc1cc(-c2ccc(O)c3c2CC2CC4C(N5CCOCC5)C(=O)C(C(N)=O)=C(O)C4(O)C(=O)C2=C3O)on1. The topological polar surface area (TPSA) is 197 Å². The van der Waals surface area contributed by atoms with Crippen LogP contribution in [-0.4, -0.2) is 85.9 Å². The molecule has 39 heavy (non-hydrogen) atoms. The van der Waals surface area contributed by atoms with Crippen LogP contribution in [0.1, 0.15) is 23.2 Å². The van der Waals surface area contributed by atoms with E-state index in [9.17, 15) is 34.8 Å². The maximum Gasteiger partial charge on any atom is 0.255 e. The molecule has 6 rings (SSSR count). The van der Waals surface area contributed by atoms with Crippen molar-refractivity contribution < 1.29 is 44.1 Å². The number of nitrogens with two attached hydrogens (primary N) is 1. The van der Waals surface area contributed by atoms with Crippen LogP contribution < -0.4 is 5.73 Å². The summed E-state index contributed by atoms with van der Waals surface area (Å²) < 4.78 is 10.8. The first-order chi connectivity index (χ1) is 18.6. The molecule has 1 aromatic heterocycles. The monoisotopic (exact) mass is 537 g/mol. The highest BCUT2D eigenvalue weighted by Crippen LogP contribution is 2.53. The molecule has 12 heteroatoms. The fourth-order valence-corrected chi connectivity index (χ4v) is 6.65. The number of fused-ring (bicyclic) bond motifs is 3. The van der Waals surface area contributed by atoms with E-state index in [1.54, 1.807) is 24.0 Å². The second-order valence-electron chi connectivity index (χ2n) is 10.5. The lowest BCUT2D eigenvalue weighted by molar-refractivity contribution is -0.157. The molecule has 1 saturated heterocycles. The molecule has 6 N–H and O–H groups in total. The first kappa shape index (κ1) is 25.3. The minimum Gasteiger partial charge on any atom is -0.508 e. The number of hydrogen-bond donors (Lipinski definition) is 5. The molecule has 1 aliphatic heterocycles. The molecule has 204 valence electrons. The Hall–Kier alpha value is -4.00. The number of aromatic nitrogens is 1. The number of ether oxygens (including phenoxy) is 1. The van der Waals surface area contributed by atoms with Crippen molar-refractivity contribution in [2.45, 2.75) is 31.4 Å². The third-order valence-corrected chi connectivity index (χ3v) is 8.38. The number of aryl methyl sites for hydroxylation is 1. The van der Waals surface area contributed by atoms with Gasteiger partial charge in [-0.15, -0.1) is 0 Å². The van der Waals surface area contributed by atoms with Gasteiger partial charge in [-0.25, -0.2) is 0 Å². The van der Waals surface area contributed by atoms with Gasteiger partial charge in [-0.3, -0.25) is 19.3 Å². The number of morpholine rings is 1. The van der Waals surface area contributed by atoms with E-state index in [0.717, 1.165) is 0 Å². The van der Waals surface area contributed by atoms with Crippen molar-refractivity contribution in [2.24, 2.45) is 17.6 Å². The first-order valence-electron chi connectivity index (χ1n) is 12.6. The van der Waals surface area contributed by atoms with Gasteiger partial charge in [-0.05, 0) is 43.4 Å². The molecule has 1 saturated carbocycles. The molecule has 4 unspecified atom stereocenters. The van der Waals surface area contributed by atoms with Crippen LogP contribution in [0.3, 0.4) is 0 Å². The number of phenols is 1. The molecule has 0 radical (unpaired) electrons. The number of carbonyl (C=O) groups is 3. The van der Waals surface area contributed by atoms with E-state index >= 15 is 0 Å². The minimum atomic E-state index is -2.69. The van der Waals surface area contributed by atoms with Gasteiger partial charge in [-0.2, -0.15) is 0 Å². The Morgan fingerprint density at radius 1 is 1.18 bits per heavy atom. The third-order valence-electron chi connectivity index (χ3n) is 8.38. The highest BCUT2D eigenvalue weighted by molar-refractivity contribution is 6.24. The predicted octanol–water partition coefficient (Wildman–Crippen LogP) is 0.698. The van der Waals surface area contributed by atoms with Gasteiger partial charge in [0.15, 0.2) is 17.1 Å². The van der Waals surface area contributed by atoms with E-state index in [-0.39, 0.29) is 29.7 Å². The van der Waals surface area contributed by atoms with Gasteiger partial charge in [0.25, 0.3) is 5.91 Å². The van der Waals surface area contributed by atoms with Crippen LogP contribution in [0.15, 0.2) is 39.6 Å². The molecule has 0 bridgehead atoms. The molecule has 0 spiro atoms. The Balaban J connectivity index is 1.54. The van der Waals surface area contributed by atoms with Gasteiger partial charge in [0.2, 0.25) is 5.78 Å². The summed E-state index contributed by atoms with van der Waals surface area (Å²) in [4.78, 5) is 41.6. The number of primary amides is 1. The summed E-state index contributed by atoms with van der Waals surface area (Å²) >= 11 is 0. The molecular formula is C27H27N3O9. The van der Waals surface area contributed by atoms with Crippen molar-refractivity contribution in [1.29, 1.82) is 0 Å². The highest BCUT2D eigenvalue weighted by atomic mass is 16.5. The standard InChI is InChI=1S/C27H27N3O9/c1-11-8-17(39-29-11)13-2-3-16(31)19-14(13)9-12-10-15-21(30-4-6-38-7-5-30)23(33)20(26(28)36)25(35)27(15,37)24(34)18(12)22(19)32/h2-3,8,12,15,21,31-32,35,37H,4-7,9-10H2,1H3,(H2,28,36). The summed E-state index contributed by atoms with van der Waals surface area (Å²) in [5, 5.41) is 48.9. The van der Waals surface area contributed by atoms with Crippen LogP contribution >= 0.6 is 0 Å². The number of aliphatic hydroxyl groups is 3. The summed E-state index contributed by atoms with van der Waals surface area (Å²) in [5.41, 5.74) is 3.41. The zero-order valence-corrected chi connectivity index (χ0v) is 21.0. The number of hydrogen-bond acceptors (Lipinski definition) is 11. The summed E-state index contributed by atoms with van der Waals surface area (Å²) in [7, 11) is 0. The van der Waals surface area contributed by atoms with E-state index in [1.807, 2.05) is 0 Å². The van der Waals surface area contributed by atoms with Gasteiger partial charge in [-0.1, -0.05) is 5.16 Å². The Morgan fingerprint density at radius 2 is 1.90 bits per heavy atom. The van der Waals surface area contributed by atoms with Crippen molar-refractivity contribution in [3.8, 4) is 17.1 Å². The third kappa shape index (κ3) is 3.48. The lowest BCUT2D eigenvalue weighted by atomic mass is 9.57. The number of rotatable bonds is 3. The number of nitrogens with zero attached hydrogens (tertiary/aromatic N) is 2. The Labute approximate surface area is 221 Å². The van der Waals surface area contributed by atoms with Crippen molar-refractivity contribution in [3.05, 3.63) is 51.9 Å². The zero-order valence-electron chi connectivity index (χ0n) is 21.0. The Morgan fingerprint density at radius 3 is 2.54 bits per heavy atom. The lowest BCUT2D eigenvalue weighted by Gasteiger charge is -2.51. The average Bonchev–Trinajstić information content (AvgIpc) is 3.32. The molecular weight excluding hydrogens is 510 g/mol. The van der Waals surface area contributed by atoms with Crippen LogP contribution in [0.4, 0.5) is 0 Å². The molecule has 2 aromatic rings. The Kier molecular flexibility index (Phi) is 5.68. The summed E-state index contributed by atoms with van der Waals surface area (Å²) in [6.07, 6.45) is 0.170.